The molecule has 7 heteroatoms. The molecule has 0 fully saturated rings. The number of benzene rings is 3. The molecule has 0 aliphatic rings. The molecule has 0 bridgehead atoms. The van der Waals surface area contributed by atoms with Crippen molar-refractivity contribution in [3.63, 3.8) is 0 Å². The highest BCUT2D eigenvalue weighted by Crippen LogP contribution is 2.19. The van der Waals surface area contributed by atoms with E-state index < -0.39 is 0 Å². The van der Waals surface area contributed by atoms with Crippen LogP contribution in [0.1, 0.15) is 22.6 Å². The molecule has 0 spiro atoms. The van der Waals surface area contributed by atoms with Crippen molar-refractivity contribution in [2.24, 2.45) is 0 Å². The Morgan fingerprint density at radius 1 is 0.882 bits per heavy atom. The number of hydrogen-bond acceptors (Lipinski definition) is 5. The predicted octanol–water partition coefficient (Wildman–Crippen LogP) is 4.50. The zero-order valence-electron chi connectivity index (χ0n) is 19.5. The number of ether oxygens (including phenoxy) is 3. The number of carbonyl (C=O) groups excluding carboxylic acids is 1. The summed E-state index contributed by atoms with van der Waals surface area (Å²) in [5, 5.41) is 2.99. The zero-order valence-corrected chi connectivity index (χ0v) is 19.5. The Bertz CT molecular complexity index is 1220. The summed E-state index contributed by atoms with van der Waals surface area (Å²) in [5.41, 5.74) is 2.64. The largest absolute Gasteiger partial charge is 0.497 e. The zero-order chi connectivity index (χ0) is 23.8. The number of rotatable bonds is 11. The van der Waals surface area contributed by atoms with E-state index in [0.29, 0.717) is 25.1 Å². The van der Waals surface area contributed by atoms with Gasteiger partial charge in [-0.15, -0.1) is 0 Å². The molecule has 0 unspecified atom stereocenters. The molecule has 34 heavy (non-hydrogen) atoms. The average Bonchev–Trinajstić information content (AvgIpc) is 3.24. The number of nitrogens with one attached hydrogen (secondary N) is 1. The maximum Gasteiger partial charge on any atom is 0.251 e. The predicted molar refractivity (Wildman–Crippen MR) is 132 cm³/mol. The van der Waals surface area contributed by atoms with Crippen molar-refractivity contribution in [2.75, 3.05) is 27.4 Å². The first-order valence-corrected chi connectivity index (χ1v) is 11.3. The van der Waals surface area contributed by atoms with Gasteiger partial charge in [-0.1, -0.05) is 12.1 Å². The van der Waals surface area contributed by atoms with Crippen LogP contribution < -0.4 is 19.5 Å². The van der Waals surface area contributed by atoms with Crippen LogP contribution in [0.3, 0.4) is 0 Å². The van der Waals surface area contributed by atoms with E-state index in [4.69, 9.17) is 19.2 Å². The Balaban J connectivity index is 1.34. The van der Waals surface area contributed by atoms with Gasteiger partial charge in [0, 0.05) is 25.1 Å². The standard InChI is InChI=1S/C27H29N3O4/c1-32-21-10-8-20(9-11-21)27(31)28-17-16-26-29-24-6-3-4-7-25(24)30(26)18-5-19-34-23-14-12-22(33-2)13-15-23/h3-4,6-15H,5,16-19H2,1-2H3,(H,28,31). The minimum Gasteiger partial charge on any atom is -0.497 e. The van der Waals surface area contributed by atoms with Gasteiger partial charge < -0.3 is 24.1 Å². The number of carbonyl (C=O) groups is 1. The summed E-state index contributed by atoms with van der Waals surface area (Å²) in [7, 11) is 3.25. The highest BCUT2D eigenvalue weighted by atomic mass is 16.5. The van der Waals surface area contributed by atoms with E-state index in [2.05, 4.69) is 16.0 Å². The van der Waals surface area contributed by atoms with Crippen molar-refractivity contribution in [2.45, 2.75) is 19.4 Å². The van der Waals surface area contributed by atoms with Crippen LogP contribution in [-0.2, 0) is 13.0 Å². The summed E-state index contributed by atoms with van der Waals surface area (Å²) >= 11 is 0. The Labute approximate surface area is 199 Å². The van der Waals surface area contributed by atoms with Crippen LogP contribution in [0.2, 0.25) is 0 Å². The quantitative estimate of drug-likeness (QED) is 0.335. The molecule has 4 aromatic rings. The second-order valence-electron chi connectivity index (χ2n) is 7.78. The van der Waals surface area contributed by atoms with E-state index in [1.54, 1.807) is 38.5 Å². The first-order valence-electron chi connectivity index (χ1n) is 11.3. The van der Waals surface area contributed by atoms with Crippen molar-refractivity contribution < 1.29 is 19.0 Å². The molecule has 1 N–H and O–H groups in total. The molecule has 0 saturated carbocycles. The molecular formula is C27H29N3O4. The number of aromatic nitrogens is 2. The maximum absolute atomic E-state index is 12.5. The van der Waals surface area contributed by atoms with Gasteiger partial charge in [-0.2, -0.15) is 0 Å². The minimum atomic E-state index is -0.113. The monoisotopic (exact) mass is 459 g/mol. The van der Waals surface area contributed by atoms with Gasteiger partial charge >= 0.3 is 0 Å². The number of fused-ring (bicyclic) bond motifs is 1. The fraction of sp³-hybridized carbons (Fsp3) is 0.259. The Kier molecular flexibility index (Phi) is 7.65. The lowest BCUT2D eigenvalue weighted by Crippen LogP contribution is -2.26. The smallest absolute Gasteiger partial charge is 0.251 e. The number of para-hydroxylation sites is 2. The Hall–Kier alpha value is -4.00. The van der Waals surface area contributed by atoms with E-state index in [0.717, 1.165) is 47.1 Å². The van der Waals surface area contributed by atoms with Crippen LogP contribution in [0, 0.1) is 0 Å². The van der Waals surface area contributed by atoms with E-state index in [1.807, 2.05) is 42.5 Å². The van der Waals surface area contributed by atoms with Crippen LogP contribution >= 0.6 is 0 Å². The molecule has 0 aliphatic carbocycles. The van der Waals surface area contributed by atoms with Gasteiger partial charge in [-0.25, -0.2) is 4.98 Å². The normalized spacial score (nSPS) is 10.8. The van der Waals surface area contributed by atoms with Gasteiger partial charge in [-0.3, -0.25) is 4.79 Å². The molecular weight excluding hydrogens is 430 g/mol. The fourth-order valence-electron chi connectivity index (χ4n) is 3.78. The van der Waals surface area contributed by atoms with E-state index in [-0.39, 0.29) is 5.91 Å². The van der Waals surface area contributed by atoms with Gasteiger partial charge in [-0.05, 0) is 67.1 Å². The third-order valence-electron chi connectivity index (χ3n) is 5.57. The lowest BCUT2D eigenvalue weighted by atomic mass is 10.2. The van der Waals surface area contributed by atoms with E-state index >= 15 is 0 Å². The van der Waals surface area contributed by atoms with E-state index in [1.165, 1.54) is 0 Å². The van der Waals surface area contributed by atoms with Crippen molar-refractivity contribution in [1.29, 1.82) is 0 Å². The van der Waals surface area contributed by atoms with Gasteiger partial charge in [0.1, 0.15) is 23.1 Å². The van der Waals surface area contributed by atoms with E-state index in [9.17, 15) is 4.79 Å². The van der Waals surface area contributed by atoms with Crippen molar-refractivity contribution in [1.82, 2.24) is 14.9 Å². The van der Waals surface area contributed by atoms with Gasteiger partial charge in [0.05, 0.1) is 31.9 Å². The highest BCUT2D eigenvalue weighted by Gasteiger charge is 2.12. The number of nitrogens with zero attached hydrogens (tertiary/aromatic N) is 2. The third-order valence-corrected chi connectivity index (χ3v) is 5.57. The van der Waals surface area contributed by atoms with Gasteiger partial charge in [0.25, 0.3) is 5.91 Å². The Morgan fingerprint density at radius 2 is 1.53 bits per heavy atom. The summed E-state index contributed by atoms with van der Waals surface area (Å²) in [5.74, 6) is 3.18. The lowest BCUT2D eigenvalue weighted by Gasteiger charge is -2.11. The molecule has 7 nitrogen and oxygen atoms in total. The van der Waals surface area contributed by atoms with Gasteiger partial charge in [0.15, 0.2) is 0 Å². The van der Waals surface area contributed by atoms with Crippen molar-refractivity contribution in [3.05, 3.63) is 84.2 Å². The molecule has 0 radical (unpaired) electrons. The summed E-state index contributed by atoms with van der Waals surface area (Å²) < 4.78 is 18.4. The van der Waals surface area contributed by atoms with Gasteiger partial charge in [0.2, 0.25) is 0 Å². The second kappa shape index (κ2) is 11.2. The molecule has 4 rings (SSSR count). The number of amides is 1. The number of imidazole rings is 1. The Morgan fingerprint density at radius 3 is 2.24 bits per heavy atom. The molecule has 3 aromatic carbocycles. The van der Waals surface area contributed by atoms with Crippen molar-refractivity contribution in [3.8, 4) is 17.2 Å². The maximum atomic E-state index is 12.5. The van der Waals surface area contributed by atoms with Crippen molar-refractivity contribution >= 4 is 16.9 Å². The first kappa shape index (κ1) is 23.2. The summed E-state index contributed by atoms with van der Waals surface area (Å²) in [4.78, 5) is 17.3. The number of methoxy groups -OCH3 is 2. The van der Waals surface area contributed by atoms with Crippen LogP contribution in [0.25, 0.3) is 11.0 Å². The summed E-state index contributed by atoms with van der Waals surface area (Å²) in [6.07, 6.45) is 1.47. The van der Waals surface area contributed by atoms with Crippen LogP contribution in [0.5, 0.6) is 17.2 Å². The highest BCUT2D eigenvalue weighted by molar-refractivity contribution is 5.94. The topological polar surface area (TPSA) is 74.6 Å². The van der Waals surface area contributed by atoms with Crippen LogP contribution in [0.4, 0.5) is 0 Å². The molecule has 1 amide bonds. The third kappa shape index (κ3) is 5.67. The minimum absolute atomic E-state index is 0.113. The SMILES string of the molecule is COc1ccc(OCCCn2c(CCNC(=O)c3ccc(OC)cc3)nc3ccccc32)cc1. The van der Waals surface area contributed by atoms with Crippen LogP contribution in [0.15, 0.2) is 72.8 Å². The molecule has 0 atom stereocenters. The van der Waals surface area contributed by atoms with Crippen LogP contribution in [-0.4, -0.2) is 42.8 Å². The first-order chi connectivity index (χ1) is 16.7. The lowest BCUT2D eigenvalue weighted by molar-refractivity contribution is 0.0954. The number of hydrogen-bond donors (Lipinski definition) is 1. The molecule has 1 heterocycles. The summed E-state index contributed by atoms with van der Waals surface area (Å²) in [6, 6.07) is 22.7. The average molecular weight is 460 g/mol. The molecule has 1 aromatic heterocycles. The second-order valence-corrected chi connectivity index (χ2v) is 7.78. The fourth-order valence-corrected chi connectivity index (χ4v) is 3.78. The summed E-state index contributed by atoms with van der Waals surface area (Å²) in [6.45, 7) is 1.86. The number of aryl methyl sites for hydroxylation is 1. The molecule has 176 valence electrons. The molecule has 0 aliphatic heterocycles. The molecule has 0 saturated heterocycles.